The highest BCUT2D eigenvalue weighted by Gasteiger charge is 2.08. The van der Waals surface area contributed by atoms with E-state index in [0.29, 0.717) is 13.6 Å². The molecule has 0 saturated heterocycles. The molecule has 0 saturated carbocycles. The van der Waals surface area contributed by atoms with Crippen LogP contribution in [0.2, 0.25) is 10.0 Å². The summed E-state index contributed by atoms with van der Waals surface area (Å²) in [6.45, 7) is 0. The van der Waals surface area contributed by atoms with Gasteiger partial charge in [0.15, 0.2) is 0 Å². The van der Waals surface area contributed by atoms with E-state index in [9.17, 15) is 4.39 Å². The molecule has 0 unspecified atom stereocenters. The van der Waals surface area contributed by atoms with Crippen LogP contribution in [0, 0.1) is 9.39 Å². The van der Waals surface area contributed by atoms with Crippen LogP contribution < -0.4 is 0 Å². The Bertz CT molecular complexity index is 541. The van der Waals surface area contributed by atoms with Gasteiger partial charge in [-0.1, -0.05) is 41.4 Å². The number of rotatable bonds is 1. The molecule has 0 nitrogen and oxygen atoms in total. The van der Waals surface area contributed by atoms with Gasteiger partial charge in [0.1, 0.15) is 5.82 Å². The van der Waals surface area contributed by atoms with Crippen molar-refractivity contribution in [2.75, 3.05) is 0 Å². The maximum Gasteiger partial charge on any atom is 0.137 e. The largest absolute Gasteiger partial charge is 0.206 e. The Balaban J connectivity index is 2.59. The van der Waals surface area contributed by atoms with Gasteiger partial charge in [-0.3, -0.25) is 0 Å². The molecule has 0 amide bonds. The van der Waals surface area contributed by atoms with Crippen molar-refractivity contribution in [2.45, 2.75) is 0 Å². The van der Waals surface area contributed by atoms with Crippen molar-refractivity contribution in [3.8, 4) is 11.1 Å². The summed E-state index contributed by atoms with van der Waals surface area (Å²) in [7, 11) is 0. The summed E-state index contributed by atoms with van der Waals surface area (Å²) in [5.74, 6) is -0.255. The van der Waals surface area contributed by atoms with Crippen molar-refractivity contribution in [1.82, 2.24) is 0 Å². The first-order valence-corrected chi connectivity index (χ1v) is 6.32. The van der Waals surface area contributed by atoms with Crippen LogP contribution in [0.4, 0.5) is 4.39 Å². The quantitative estimate of drug-likeness (QED) is 0.592. The molecule has 4 heteroatoms. The van der Waals surface area contributed by atoms with Gasteiger partial charge in [0.25, 0.3) is 0 Å². The Morgan fingerprint density at radius 1 is 1.06 bits per heavy atom. The van der Waals surface area contributed by atoms with Crippen molar-refractivity contribution in [3.63, 3.8) is 0 Å². The second-order valence-electron chi connectivity index (χ2n) is 3.23. The zero-order valence-corrected chi connectivity index (χ0v) is 11.6. The predicted octanol–water partition coefficient (Wildman–Crippen LogP) is 5.40. The number of hydrogen-bond acceptors (Lipinski definition) is 0. The lowest BCUT2D eigenvalue weighted by atomic mass is 10.1. The first-order valence-electron chi connectivity index (χ1n) is 4.49. The zero-order chi connectivity index (χ0) is 11.7. The summed E-state index contributed by atoms with van der Waals surface area (Å²) in [6, 6.07) is 10.3. The molecule has 0 heterocycles. The van der Waals surface area contributed by atoms with Crippen molar-refractivity contribution in [1.29, 1.82) is 0 Å². The van der Waals surface area contributed by atoms with E-state index in [4.69, 9.17) is 23.2 Å². The smallest absolute Gasteiger partial charge is 0.137 e. The number of halogens is 4. The number of benzene rings is 2. The van der Waals surface area contributed by atoms with E-state index in [1.807, 2.05) is 34.7 Å². The third kappa shape index (κ3) is 2.34. The normalized spacial score (nSPS) is 10.5. The van der Waals surface area contributed by atoms with E-state index in [2.05, 4.69) is 0 Å². The Labute approximate surface area is 117 Å². The SMILES string of the molecule is Fc1cc(-c2cccc(Cl)c2Cl)ccc1I. The lowest BCUT2D eigenvalue weighted by Crippen LogP contribution is -1.85. The maximum absolute atomic E-state index is 13.4. The molecule has 0 bridgehead atoms. The van der Waals surface area contributed by atoms with E-state index in [1.165, 1.54) is 6.07 Å². The van der Waals surface area contributed by atoms with Gasteiger partial charge in [-0.2, -0.15) is 0 Å². The second-order valence-corrected chi connectivity index (χ2v) is 5.18. The van der Waals surface area contributed by atoms with Gasteiger partial charge in [-0.05, 0) is 46.4 Å². The summed E-state index contributed by atoms with van der Waals surface area (Å²) >= 11 is 13.9. The molecular weight excluding hydrogens is 361 g/mol. The van der Waals surface area contributed by atoms with E-state index in [1.54, 1.807) is 18.2 Å². The minimum Gasteiger partial charge on any atom is -0.206 e. The molecule has 0 aliphatic carbocycles. The van der Waals surface area contributed by atoms with Crippen LogP contribution in [-0.2, 0) is 0 Å². The Morgan fingerprint density at radius 3 is 2.50 bits per heavy atom. The molecule has 0 atom stereocenters. The van der Waals surface area contributed by atoms with Crippen molar-refractivity contribution in [3.05, 3.63) is 55.8 Å². The third-order valence-electron chi connectivity index (χ3n) is 2.18. The molecule has 0 radical (unpaired) electrons. The van der Waals surface area contributed by atoms with E-state index >= 15 is 0 Å². The van der Waals surface area contributed by atoms with Crippen LogP contribution in [-0.4, -0.2) is 0 Å². The topological polar surface area (TPSA) is 0 Å². The average Bonchev–Trinajstić information content (AvgIpc) is 2.26. The molecule has 0 aliphatic heterocycles. The highest BCUT2D eigenvalue weighted by atomic mass is 127. The Hall–Kier alpha value is -0.320. The monoisotopic (exact) mass is 366 g/mol. The van der Waals surface area contributed by atoms with Crippen LogP contribution in [0.5, 0.6) is 0 Å². The Kier molecular flexibility index (Phi) is 3.72. The lowest BCUT2D eigenvalue weighted by Gasteiger charge is -2.06. The zero-order valence-electron chi connectivity index (χ0n) is 7.98. The molecule has 0 aliphatic rings. The fourth-order valence-electron chi connectivity index (χ4n) is 1.39. The van der Waals surface area contributed by atoms with E-state index < -0.39 is 0 Å². The maximum atomic E-state index is 13.4. The first-order chi connectivity index (χ1) is 7.59. The van der Waals surface area contributed by atoms with Gasteiger partial charge in [0, 0.05) is 9.13 Å². The molecule has 82 valence electrons. The molecule has 0 fully saturated rings. The van der Waals surface area contributed by atoms with Crippen LogP contribution in [0.1, 0.15) is 0 Å². The van der Waals surface area contributed by atoms with Crippen LogP contribution in [0.3, 0.4) is 0 Å². The highest BCUT2D eigenvalue weighted by Crippen LogP contribution is 2.34. The second kappa shape index (κ2) is 4.90. The highest BCUT2D eigenvalue weighted by molar-refractivity contribution is 14.1. The minimum absolute atomic E-state index is 0.255. The van der Waals surface area contributed by atoms with Crippen molar-refractivity contribution >= 4 is 45.8 Å². The summed E-state index contributed by atoms with van der Waals surface area (Å²) in [5, 5.41) is 0.919. The fraction of sp³-hybridized carbons (Fsp3) is 0. The van der Waals surface area contributed by atoms with E-state index in [0.717, 1.165) is 11.1 Å². The van der Waals surface area contributed by atoms with Gasteiger partial charge in [-0.15, -0.1) is 0 Å². The van der Waals surface area contributed by atoms with Crippen LogP contribution in [0.15, 0.2) is 36.4 Å². The van der Waals surface area contributed by atoms with Crippen LogP contribution >= 0.6 is 45.8 Å². The Morgan fingerprint density at radius 2 is 1.81 bits per heavy atom. The minimum atomic E-state index is -0.255. The third-order valence-corrected chi connectivity index (χ3v) is 3.88. The molecule has 0 N–H and O–H groups in total. The van der Waals surface area contributed by atoms with Gasteiger partial charge in [0.05, 0.1) is 10.0 Å². The van der Waals surface area contributed by atoms with Gasteiger partial charge >= 0.3 is 0 Å². The first kappa shape index (κ1) is 12.1. The molecule has 0 spiro atoms. The van der Waals surface area contributed by atoms with Gasteiger partial charge in [-0.25, -0.2) is 4.39 Å². The van der Waals surface area contributed by atoms with Gasteiger partial charge < -0.3 is 0 Å². The summed E-state index contributed by atoms with van der Waals surface area (Å²) in [5.41, 5.74) is 1.47. The standard InChI is InChI=1S/C12H6Cl2FI/c13-9-3-1-2-8(12(9)14)7-4-5-11(16)10(15)6-7/h1-6H. The molecule has 2 aromatic rings. The van der Waals surface area contributed by atoms with Crippen LogP contribution in [0.25, 0.3) is 11.1 Å². The summed E-state index contributed by atoms with van der Waals surface area (Å²) in [6.07, 6.45) is 0. The van der Waals surface area contributed by atoms with Crippen molar-refractivity contribution in [2.24, 2.45) is 0 Å². The fourth-order valence-corrected chi connectivity index (χ4v) is 2.14. The average molecular weight is 367 g/mol. The molecular formula is C12H6Cl2FI. The summed E-state index contributed by atoms with van der Waals surface area (Å²) < 4.78 is 14.0. The molecule has 2 aromatic carbocycles. The van der Waals surface area contributed by atoms with E-state index in [-0.39, 0.29) is 5.82 Å². The number of hydrogen-bond donors (Lipinski definition) is 0. The van der Waals surface area contributed by atoms with Crippen molar-refractivity contribution < 1.29 is 4.39 Å². The molecule has 16 heavy (non-hydrogen) atoms. The lowest BCUT2D eigenvalue weighted by molar-refractivity contribution is 0.621. The van der Waals surface area contributed by atoms with Gasteiger partial charge in [0.2, 0.25) is 0 Å². The predicted molar refractivity (Wildman–Crippen MR) is 74.6 cm³/mol. The summed E-state index contributed by atoms with van der Waals surface area (Å²) in [4.78, 5) is 0. The molecule has 2 rings (SSSR count). The molecule has 0 aromatic heterocycles.